The standard InChI is InChI=1S/C13H15N3O2S3/c1-9-5-11(3-4-12(9)13(14)19)21(17,18)16(2)6-10-7-20-8-15-10/h3-5,7-8H,6H2,1-2H3,(H2,14,19). The van der Waals surface area contributed by atoms with Crippen LogP contribution in [-0.2, 0) is 16.6 Å². The number of aryl methyl sites for hydroxylation is 1. The largest absolute Gasteiger partial charge is 0.389 e. The Kier molecular flexibility index (Phi) is 4.72. The molecule has 2 N–H and O–H groups in total. The molecule has 0 amide bonds. The molecule has 1 aromatic heterocycles. The highest BCUT2D eigenvalue weighted by Gasteiger charge is 2.22. The Morgan fingerprint density at radius 3 is 2.71 bits per heavy atom. The number of nitrogens with zero attached hydrogens (tertiary/aromatic N) is 2. The molecular weight excluding hydrogens is 326 g/mol. The van der Waals surface area contributed by atoms with Gasteiger partial charge < -0.3 is 5.73 Å². The van der Waals surface area contributed by atoms with Gasteiger partial charge in [0.15, 0.2) is 0 Å². The number of hydrogen-bond acceptors (Lipinski definition) is 5. The number of hydrogen-bond donors (Lipinski definition) is 1. The van der Waals surface area contributed by atoms with Crippen molar-refractivity contribution >= 4 is 38.6 Å². The van der Waals surface area contributed by atoms with Crippen LogP contribution < -0.4 is 5.73 Å². The SMILES string of the molecule is Cc1cc(S(=O)(=O)N(C)Cc2cscn2)ccc1C(N)=S. The molecule has 0 saturated heterocycles. The van der Waals surface area contributed by atoms with Crippen molar-refractivity contribution in [1.29, 1.82) is 0 Å². The Balaban J connectivity index is 2.31. The van der Waals surface area contributed by atoms with Gasteiger partial charge >= 0.3 is 0 Å². The summed E-state index contributed by atoms with van der Waals surface area (Å²) >= 11 is 6.36. The summed E-state index contributed by atoms with van der Waals surface area (Å²) < 4.78 is 26.3. The molecule has 2 aromatic rings. The zero-order valence-electron chi connectivity index (χ0n) is 11.6. The Hall–Kier alpha value is -1.35. The number of thiazole rings is 1. The molecule has 8 heteroatoms. The molecule has 0 unspecified atom stereocenters. The van der Waals surface area contributed by atoms with Crippen LogP contribution in [0, 0.1) is 6.92 Å². The number of sulfonamides is 1. The van der Waals surface area contributed by atoms with Crippen LogP contribution in [-0.4, -0.2) is 29.7 Å². The van der Waals surface area contributed by atoms with Crippen molar-refractivity contribution in [2.24, 2.45) is 5.73 Å². The highest BCUT2D eigenvalue weighted by atomic mass is 32.2. The van der Waals surface area contributed by atoms with Gasteiger partial charge in [0.05, 0.1) is 22.6 Å². The van der Waals surface area contributed by atoms with Gasteiger partial charge in [0, 0.05) is 18.0 Å². The first-order valence-electron chi connectivity index (χ1n) is 6.06. The van der Waals surface area contributed by atoms with E-state index in [4.69, 9.17) is 18.0 Å². The number of rotatable bonds is 5. The zero-order chi connectivity index (χ0) is 15.6. The van der Waals surface area contributed by atoms with Crippen LogP contribution in [0.15, 0.2) is 34.0 Å². The second-order valence-corrected chi connectivity index (χ2v) is 7.79. The topological polar surface area (TPSA) is 76.3 Å². The van der Waals surface area contributed by atoms with Gasteiger partial charge in [0.25, 0.3) is 0 Å². The van der Waals surface area contributed by atoms with E-state index >= 15 is 0 Å². The molecule has 21 heavy (non-hydrogen) atoms. The predicted molar refractivity (Wildman–Crippen MR) is 87.8 cm³/mol. The smallest absolute Gasteiger partial charge is 0.243 e. The van der Waals surface area contributed by atoms with Gasteiger partial charge in [-0.2, -0.15) is 4.31 Å². The van der Waals surface area contributed by atoms with Gasteiger partial charge in [-0.25, -0.2) is 13.4 Å². The summed E-state index contributed by atoms with van der Waals surface area (Å²) in [5.74, 6) is 0. The van der Waals surface area contributed by atoms with E-state index in [-0.39, 0.29) is 16.4 Å². The maximum absolute atomic E-state index is 12.5. The first kappa shape index (κ1) is 16.0. The van der Waals surface area contributed by atoms with Gasteiger partial charge in [0.1, 0.15) is 4.99 Å². The molecule has 1 aromatic carbocycles. The molecular formula is C13H15N3O2S3. The van der Waals surface area contributed by atoms with Crippen molar-refractivity contribution in [3.8, 4) is 0 Å². The molecule has 0 spiro atoms. The molecule has 0 saturated carbocycles. The van der Waals surface area contributed by atoms with Crippen LogP contribution in [0.1, 0.15) is 16.8 Å². The minimum absolute atomic E-state index is 0.220. The third-order valence-corrected chi connectivity index (χ3v) is 5.69. The van der Waals surface area contributed by atoms with Crippen molar-refractivity contribution < 1.29 is 8.42 Å². The van der Waals surface area contributed by atoms with E-state index in [0.717, 1.165) is 11.3 Å². The highest BCUT2D eigenvalue weighted by Crippen LogP contribution is 2.20. The average molecular weight is 341 g/mol. The molecule has 0 aliphatic carbocycles. The maximum Gasteiger partial charge on any atom is 0.243 e. The quantitative estimate of drug-likeness (QED) is 0.841. The molecule has 0 aliphatic heterocycles. The minimum Gasteiger partial charge on any atom is -0.389 e. The van der Waals surface area contributed by atoms with Crippen LogP contribution >= 0.6 is 23.6 Å². The lowest BCUT2D eigenvalue weighted by atomic mass is 10.1. The summed E-state index contributed by atoms with van der Waals surface area (Å²) in [5.41, 5.74) is 9.42. The van der Waals surface area contributed by atoms with Gasteiger partial charge in [-0.3, -0.25) is 0 Å². The first-order chi connectivity index (χ1) is 9.82. The van der Waals surface area contributed by atoms with Crippen LogP contribution in [0.4, 0.5) is 0 Å². The van der Waals surface area contributed by atoms with Crippen molar-refractivity contribution in [2.75, 3.05) is 7.05 Å². The van der Waals surface area contributed by atoms with E-state index in [1.54, 1.807) is 24.6 Å². The molecule has 0 fully saturated rings. The molecule has 0 aliphatic rings. The van der Waals surface area contributed by atoms with Crippen LogP contribution in [0.3, 0.4) is 0 Å². The summed E-state index contributed by atoms with van der Waals surface area (Å²) in [6, 6.07) is 4.75. The molecule has 0 atom stereocenters. The van der Waals surface area contributed by atoms with E-state index in [2.05, 4.69) is 4.98 Å². The van der Waals surface area contributed by atoms with Crippen molar-refractivity contribution in [3.05, 3.63) is 45.9 Å². The van der Waals surface area contributed by atoms with Gasteiger partial charge in [-0.15, -0.1) is 11.3 Å². The Morgan fingerprint density at radius 2 is 2.19 bits per heavy atom. The van der Waals surface area contributed by atoms with Crippen molar-refractivity contribution in [1.82, 2.24) is 9.29 Å². The van der Waals surface area contributed by atoms with Gasteiger partial charge in [-0.1, -0.05) is 18.3 Å². The summed E-state index contributed by atoms with van der Waals surface area (Å²) in [6.45, 7) is 2.02. The number of benzene rings is 1. The molecule has 0 radical (unpaired) electrons. The van der Waals surface area contributed by atoms with E-state index in [1.807, 2.05) is 5.38 Å². The lowest BCUT2D eigenvalue weighted by Crippen LogP contribution is -2.27. The maximum atomic E-state index is 12.5. The zero-order valence-corrected chi connectivity index (χ0v) is 14.1. The lowest BCUT2D eigenvalue weighted by molar-refractivity contribution is 0.463. The summed E-state index contributed by atoms with van der Waals surface area (Å²) in [7, 11) is -2.03. The normalized spacial score (nSPS) is 11.8. The van der Waals surface area contributed by atoms with Crippen LogP contribution in [0.25, 0.3) is 0 Å². The monoisotopic (exact) mass is 341 g/mol. The highest BCUT2D eigenvalue weighted by molar-refractivity contribution is 7.89. The predicted octanol–water partition coefficient (Wildman–Crippen LogP) is 1.91. The summed E-state index contributed by atoms with van der Waals surface area (Å²) in [6.07, 6.45) is 0. The lowest BCUT2D eigenvalue weighted by Gasteiger charge is -2.17. The van der Waals surface area contributed by atoms with Crippen molar-refractivity contribution in [2.45, 2.75) is 18.4 Å². The number of nitrogens with two attached hydrogens (primary N) is 1. The fraction of sp³-hybridized carbons (Fsp3) is 0.231. The van der Waals surface area contributed by atoms with Gasteiger partial charge in [-0.05, 0) is 24.6 Å². The fourth-order valence-corrected chi connectivity index (χ4v) is 3.89. The second-order valence-electron chi connectivity index (χ2n) is 4.58. The average Bonchev–Trinajstić information content (AvgIpc) is 2.90. The fourth-order valence-electron chi connectivity index (χ4n) is 1.88. The molecule has 5 nitrogen and oxygen atoms in total. The molecule has 2 rings (SSSR count). The van der Waals surface area contributed by atoms with Crippen LogP contribution in [0.2, 0.25) is 0 Å². The summed E-state index contributed by atoms with van der Waals surface area (Å²) in [5, 5.41) is 1.83. The van der Waals surface area contributed by atoms with Crippen molar-refractivity contribution in [3.63, 3.8) is 0 Å². The van der Waals surface area contributed by atoms with E-state index < -0.39 is 10.0 Å². The second kappa shape index (κ2) is 6.18. The third kappa shape index (κ3) is 3.46. The molecule has 1 heterocycles. The molecule has 112 valence electrons. The summed E-state index contributed by atoms with van der Waals surface area (Å²) in [4.78, 5) is 4.57. The van der Waals surface area contributed by atoms with Gasteiger partial charge in [0.2, 0.25) is 10.0 Å². The van der Waals surface area contributed by atoms with Crippen LogP contribution in [0.5, 0.6) is 0 Å². The Labute approximate surface area is 133 Å². The third-order valence-electron chi connectivity index (χ3n) is 3.04. The van der Waals surface area contributed by atoms with E-state index in [9.17, 15) is 8.42 Å². The minimum atomic E-state index is -3.57. The van der Waals surface area contributed by atoms with E-state index in [0.29, 0.717) is 5.56 Å². The first-order valence-corrected chi connectivity index (χ1v) is 8.85. The number of aromatic nitrogens is 1. The molecule has 0 bridgehead atoms. The number of thiocarbonyl (C=S) groups is 1. The van der Waals surface area contributed by atoms with E-state index in [1.165, 1.54) is 28.8 Å². The Bertz CT molecular complexity index is 755. The Morgan fingerprint density at radius 1 is 1.48 bits per heavy atom.